The van der Waals surface area contributed by atoms with Crippen LogP contribution in [-0.4, -0.2) is 38.8 Å². The Balaban J connectivity index is 2.03. The molecule has 1 aliphatic rings. The summed E-state index contributed by atoms with van der Waals surface area (Å²) in [5, 5.41) is 2.88. The zero-order chi connectivity index (χ0) is 13.0. The van der Waals surface area contributed by atoms with Crippen LogP contribution in [0.5, 0.6) is 5.75 Å². The van der Waals surface area contributed by atoms with E-state index in [-0.39, 0.29) is 17.9 Å². The summed E-state index contributed by atoms with van der Waals surface area (Å²) in [6, 6.07) is 7.43. The molecule has 0 spiro atoms. The first kappa shape index (κ1) is 12.9. The maximum atomic E-state index is 12.1. The fourth-order valence-corrected chi connectivity index (χ4v) is 2.05. The van der Waals surface area contributed by atoms with Gasteiger partial charge in [-0.05, 0) is 6.07 Å². The summed E-state index contributed by atoms with van der Waals surface area (Å²) in [6.07, 6.45) is 0. The molecule has 2 rings (SSSR count). The van der Waals surface area contributed by atoms with Crippen molar-refractivity contribution in [3.8, 4) is 5.75 Å². The number of fused-ring (bicyclic) bond motifs is 1. The molecule has 0 fully saturated rings. The van der Waals surface area contributed by atoms with Gasteiger partial charge in [0.25, 0.3) is 0 Å². The van der Waals surface area contributed by atoms with Gasteiger partial charge >= 0.3 is 0 Å². The standard InChI is InChI=1S/C13H18N2O3/c1-17-7-9(6-14)15-13(16)11-8-18-12-5-3-2-4-10(11)12/h2-5,9,11H,6-8,14H2,1H3,(H,15,16). The van der Waals surface area contributed by atoms with Crippen LogP contribution in [0.1, 0.15) is 11.5 Å². The molecule has 1 aromatic carbocycles. The van der Waals surface area contributed by atoms with E-state index in [2.05, 4.69) is 5.32 Å². The molecule has 1 aliphatic heterocycles. The third-order valence-corrected chi connectivity index (χ3v) is 3.02. The minimum atomic E-state index is -0.257. The number of benzene rings is 1. The number of methoxy groups -OCH3 is 1. The normalized spacial score (nSPS) is 18.9. The molecule has 0 radical (unpaired) electrons. The lowest BCUT2D eigenvalue weighted by atomic mass is 10.0. The van der Waals surface area contributed by atoms with Crippen LogP contribution in [0.3, 0.4) is 0 Å². The summed E-state index contributed by atoms with van der Waals surface area (Å²) in [5.41, 5.74) is 6.51. The highest BCUT2D eigenvalue weighted by Gasteiger charge is 2.30. The van der Waals surface area contributed by atoms with E-state index in [9.17, 15) is 4.79 Å². The number of para-hydroxylation sites is 1. The van der Waals surface area contributed by atoms with Gasteiger partial charge in [0.1, 0.15) is 18.3 Å². The third-order valence-electron chi connectivity index (χ3n) is 3.02. The van der Waals surface area contributed by atoms with Crippen molar-refractivity contribution in [2.45, 2.75) is 12.0 Å². The molecular weight excluding hydrogens is 232 g/mol. The molecule has 18 heavy (non-hydrogen) atoms. The third kappa shape index (κ3) is 2.63. The van der Waals surface area contributed by atoms with Gasteiger partial charge in [0.2, 0.25) is 5.91 Å². The Morgan fingerprint density at radius 2 is 2.39 bits per heavy atom. The maximum Gasteiger partial charge on any atom is 0.231 e. The topological polar surface area (TPSA) is 73.6 Å². The van der Waals surface area contributed by atoms with Gasteiger partial charge in [0.05, 0.1) is 12.6 Å². The molecule has 3 N–H and O–H groups in total. The molecule has 0 saturated carbocycles. The lowest BCUT2D eigenvalue weighted by Crippen LogP contribution is -2.45. The van der Waals surface area contributed by atoms with Gasteiger partial charge in [-0.25, -0.2) is 0 Å². The minimum Gasteiger partial charge on any atom is -0.492 e. The largest absolute Gasteiger partial charge is 0.492 e. The fourth-order valence-electron chi connectivity index (χ4n) is 2.05. The van der Waals surface area contributed by atoms with Crippen LogP contribution in [0, 0.1) is 0 Å². The monoisotopic (exact) mass is 250 g/mol. The second-order valence-electron chi connectivity index (χ2n) is 4.30. The highest BCUT2D eigenvalue weighted by Crippen LogP contribution is 2.33. The number of hydrogen-bond acceptors (Lipinski definition) is 4. The predicted octanol–water partition coefficient (Wildman–Crippen LogP) is 0.253. The van der Waals surface area contributed by atoms with Crippen molar-refractivity contribution in [2.24, 2.45) is 5.73 Å². The van der Waals surface area contributed by atoms with Crippen LogP contribution in [0.25, 0.3) is 0 Å². The molecule has 1 amide bonds. The zero-order valence-electron chi connectivity index (χ0n) is 10.4. The Morgan fingerprint density at radius 3 is 3.11 bits per heavy atom. The lowest BCUT2D eigenvalue weighted by molar-refractivity contribution is -0.123. The summed E-state index contributed by atoms with van der Waals surface area (Å²) in [5.74, 6) is 0.466. The van der Waals surface area contributed by atoms with Crippen LogP contribution < -0.4 is 15.8 Å². The maximum absolute atomic E-state index is 12.1. The average molecular weight is 250 g/mol. The number of nitrogens with one attached hydrogen (secondary N) is 1. The summed E-state index contributed by atoms with van der Waals surface area (Å²) in [4.78, 5) is 12.1. The SMILES string of the molecule is COCC(CN)NC(=O)C1COc2ccccc21. The smallest absolute Gasteiger partial charge is 0.231 e. The van der Waals surface area contributed by atoms with Crippen molar-refractivity contribution >= 4 is 5.91 Å². The van der Waals surface area contributed by atoms with Gasteiger partial charge in [0.15, 0.2) is 0 Å². The van der Waals surface area contributed by atoms with Crippen molar-refractivity contribution in [1.29, 1.82) is 0 Å². The summed E-state index contributed by atoms with van der Waals surface area (Å²) >= 11 is 0. The van der Waals surface area contributed by atoms with E-state index in [0.29, 0.717) is 19.8 Å². The van der Waals surface area contributed by atoms with E-state index in [1.807, 2.05) is 24.3 Å². The van der Waals surface area contributed by atoms with Crippen molar-refractivity contribution in [3.63, 3.8) is 0 Å². The van der Waals surface area contributed by atoms with Gasteiger partial charge in [-0.15, -0.1) is 0 Å². The zero-order valence-corrected chi connectivity index (χ0v) is 10.4. The molecule has 1 heterocycles. The Kier molecular flexibility index (Phi) is 4.17. The molecule has 1 aromatic rings. The molecule has 0 aliphatic carbocycles. The van der Waals surface area contributed by atoms with Crippen LogP contribution in [0.4, 0.5) is 0 Å². The highest BCUT2D eigenvalue weighted by atomic mass is 16.5. The van der Waals surface area contributed by atoms with E-state index in [0.717, 1.165) is 11.3 Å². The number of rotatable bonds is 5. The van der Waals surface area contributed by atoms with Crippen LogP contribution in [-0.2, 0) is 9.53 Å². The number of ether oxygens (including phenoxy) is 2. The molecule has 0 bridgehead atoms. The number of nitrogens with two attached hydrogens (primary N) is 1. The van der Waals surface area contributed by atoms with E-state index in [1.165, 1.54) is 0 Å². The Bertz CT molecular complexity index is 422. The quantitative estimate of drug-likeness (QED) is 0.786. The molecule has 2 unspecified atom stereocenters. The molecule has 98 valence electrons. The molecule has 0 saturated heterocycles. The lowest BCUT2D eigenvalue weighted by Gasteiger charge is -2.18. The molecule has 5 heteroatoms. The Labute approximate surface area is 106 Å². The summed E-state index contributed by atoms with van der Waals surface area (Å²) < 4.78 is 10.5. The number of hydrogen-bond donors (Lipinski definition) is 2. The van der Waals surface area contributed by atoms with Gasteiger partial charge < -0.3 is 20.5 Å². The van der Waals surface area contributed by atoms with Crippen molar-refractivity contribution < 1.29 is 14.3 Å². The highest BCUT2D eigenvalue weighted by molar-refractivity contribution is 5.85. The number of amides is 1. The van der Waals surface area contributed by atoms with Gasteiger partial charge in [0, 0.05) is 19.2 Å². The van der Waals surface area contributed by atoms with Gasteiger partial charge in [-0.1, -0.05) is 18.2 Å². The van der Waals surface area contributed by atoms with E-state index < -0.39 is 0 Å². The van der Waals surface area contributed by atoms with E-state index in [4.69, 9.17) is 15.2 Å². The molecule has 0 aromatic heterocycles. The summed E-state index contributed by atoms with van der Waals surface area (Å²) in [7, 11) is 1.59. The average Bonchev–Trinajstić information content (AvgIpc) is 2.82. The van der Waals surface area contributed by atoms with Crippen LogP contribution >= 0.6 is 0 Å². The molecule has 5 nitrogen and oxygen atoms in total. The van der Waals surface area contributed by atoms with E-state index >= 15 is 0 Å². The molecule has 2 atom stereocenters. The van der Waals surface area contributed by atoms with Crippen molar-refractivity contribution in [2.75, 3.05) is 26.9 Å². The fraction of sp³-hybridized carbons (Fsp3) is 0.462. The Morgan fingerprint density at radius 1 is 1.61 bits per heavy atom. The second-order valence-corrected chi connectivity index (χ2v) is 4.30. The summed E-state index contributed by atoms with van der Waals surface area (Å²) in [6.45, 7) is 1.15. The number of carbonyl (C=O) groups is 1. The first-order valence-corrected chi connectivity index (χ1v) is 5.97. The second kappa shape index (κ2) is 5.84. The Hall–Kier alpha value is -1.59. The first-order chi connectivity index (χ1) is 8.76. The van der Waals surface area contributed by atoms with Crippen LogP contribution in [0.2, 0.25) is 0 Å². The van der Waals surface area contributed by atoms with Crippen molar-refractivity contribution in [1.82, 2.24) is 5.32 Å². The van der Waals surface area contributed by atoms with Crippen LogP contribution in [0.15, 0.2) is 24.3 Å². The predicted molar refractivity (Wildman–Crippen MR) is 67.5 cm³/mol. The molecular formula is C13H18N2O3. The first-order valence-electron chi connectivity index (χ1n) is 5.97. The van der Waals surface area contributed by atoms with E-state index in [1.54, 1.807) is 7.11 Å². The number of carbonyl (C=O) groups excluding carboxylic acids is 1. The van der Waals surface area contributed by atoms with Gasteiger partial charge in [-0.2, -0.15) is 0 Å². The minimum absolute atomic E-state index is 0.0625. The van der Waals surface area contributed by atoms with Crippen molar-refractivity contribution in [3.05, 3.63) is 29.8 Å². The van der Waals surface area contributed by atoms with Gasteiger partial charge in [-0.3, -0.25) is 4.79 Å².